The second-order valence-corrected chi connectivity index (χ2v) is 4.61. The lowest BCUT2D eigenvalue weighted by molar-refractivity contribution is 0.585. The third-order valence-corrected chi connectivity index (χ3v) is 3.43. The Balaban J connectivity index is 2.24. The molecule has 0 radical (unpaired) electrons. The molecule has 0 bridgehead atoms. The Labute approximate surface area is 105 Å². The molecule has 0 unspecified atom stereocenters. The standard InChI is InChI=1S/C12H7F2N3S/c13-6-1-2-7(8(14)5-6)12-16-9-3-4-18-10(9)11(15)17-12/h1-5H,(H2,15,16,17). The second kappa shape index (κ2) is 3.99. The van der Waals surface area contributed by atoms with Crippen LogP contribution in [0.2, 0.25) is 0 Å². The zero-order chi connectivity index (χ0) is 12.7. The lowest BCUT2D eigenvalue weighted by atomic mass is 10.2. The maximum absolute atomic E-state index is 13.6. The first-order valence-electron chi connectivity index (χ1n) is 5.11. The van der Waals surface area contributed by atoms with Gasteiger partial charge in [0.1, 0.15) is 17.5 Å². The average molecular weight is 263 g/mol. The van der Waals surface area contributed by atoms with Crippen molar-refractivity contribution in [2.45, 2.75) is 0 Å². The Hall–Kier alpha value is -2.08. The van der Waals surface area contributed by atoms with Gasteiger partial charge in [0.2, 0.25) is 0 Å². The highest BCUT2D eigenvalue weighted by Crippen LogP contribution is 2.28. The van der Waals surface area contributed by atoms with Crippen molar-refractivity contribution in [1.29, 1.82) is 0 Å². The van der Waals surface area contributed by atoms with Crippen LogP contribution < -0.4 is 5.73 Å². The Bertz CT molecular complexity index is 739. The molecular weight excluding hydrogens is 256 g/mol. The summed E-state index contributed by atoms with van der Waals surface area (Å²) < 4.78 is 27.2. The van der Waals surface area contributed by atoms with Gasteiger partial charge in [-0.1, -0.05) is 0 Å². The molecular formula is C12H7F2N3S. The number of nitrogen functional groups attached to an aromatic ring is 1. The Morgan fingerprint density at radius 3 is 2.72 bits per heavy atom. The van der Waals surface area contributed by atoms with Crippen molar-refractivity contribution in [3.63, 3.8) is 0 Å². The molecule has 6 heteroatoms. The maximum atomic E-state index is 13.6. The normalized spacial score (nSPS) is 11.0. The number of nitrogens with zero attached hydrogens (tertiary/aromatic N) is 2. The molecule has 3 rings (SSSR count). The summed E-state index contributed by atoms with van der Waals surface area (Å²) in [6, 6.07) is 5.04. The maximum Gasteiger partial charge on any atom is 0.165 e. The van der Waals surface area contributed by atoms with Gasteiger partial charge in [-0.2, -0.15) is 0 Å². The molecule has 18 heavy (non-hydrogen) atoms. The summed E-state index contributed by atoms with van der Waals surface area (Å²) in [7, 11) is 0. The molecule has 2 heterocycles. The van der Waals surface area contributed by atoms with Crippen LogP contribution in [0.4, 0.5) is 14.6 Å². The molecule has 0 saturated heterocycles. The summed E-state index contributed by atoms with van der Waals surface area (Å²) in [4.78, 5) is 8.26. The van der Waals surface area contributed by atoms with Gasteiger partial charge < -0.3 is 5.73 Å². The summed E-state index contributed by atoms with van der Waals surface area (Å²) in [6.45, 7) is 0. The third kappa shape index (κ3) is 1.70. The molecule has 0 saturated carbocycles. The zero-order valence-electron chi connectivity index (χ0n) is 9.02. The van der Waals surface area contributed by atoms with Gasteiger partial charge in [0.25, 0.3) is 0 Å². The molecule has 0 spiro atoms. The van der Waals surface area contributed by atoms with Crippen LogP contribution in [0, 0.1) is 11.6 Å². The minimum absolute atomic E-state index is 0.135. The van der Waals surface area contributed by atoms with Crippen LogP contribution >= 0.6 is 11.3 Å². The SMILES string of the molecule is Nc1nc(-c2ccc(F)cc2F)nc2ccsc12. The van der Waals surface area contributed by atoms with Crippen molar-refractivity contribution in [2.24, 2.45) is 0 Å². The zero-order valence-corrected chi connectivity index (χ0v) is 9.84. The van der Waals surface area contributed by atoms with Crippen LogP contribution in [-0.2, 0) is 0 Å². The topological polar surface area (TPSA) is 51.8 Å². The van der Waals surface area contributed by atoms with Crippen molar-refractivity contribution >= 4 is 27.4 Å². The van der Waals surface area contributed by atoms with Gasteiger partial charge in [-0.05, 0) is 23.6 Å². The number of hydrogen-bond donors (Lipinski definition) is 1. The largest absolute Gasteiger partial charge is 0.382 e. The van der Waals surface area contributed by atoms with E-state index >= 15 is 0 Å². The fraction of sp³-hybridized carbons (Fsp3) is 0. The average Bonchev–Trinajstić information content (AvgIpc) is 2.77. The van der Waals surface area contributed by atoms with Gasteiger partial charge in [0.15, 0.2) is 5.82 Å². The number of aromatic nitrogens is 2. The molecule has 3 aromatic rings. The van der Waals surface area contributed by atoms with Crippen LogP contribution in [0.5, 0.6) is 0 Å². The van der Waals surface area contributed by atoms with Gasteiger partial charge in [-0.15, -0.1) is 11.3 Å². The molecule has 2 aromatic heterocycles. The van der Waals surface area contributed by atoms with Crippen LogP contribution in [0.1, 0.15) is 0 Å². The van der Waals surface area contributed by atoms with Crippen molar-refractivity contribution in [1.82, 2.24) is 9.97 Å². The highest BCUT2D eigenvalue weighted by Gasteiger charge is 2.12. The number of thiophene rings is 1. The predicted molar refractivity (Wildman–Crippen MR) is 67.2 cm³/mol. The van der Waals surface area contributed by atoms with Crippen LogP contribution in [0.25, 0.3) is 21.6 Å². The molecule has 0 amide bonds. The molecule has 90 valence electrons. The monoisotopic (exact) mass is 263 g/mol. The van der Waals surface area contributed by atoms with Gasteiger partial charge in [-0.3, -0.25) is 0 Å². The lowest BCUT2D eigenvalue weighted by Crippen LogP contribution is -1.97. The van der Waals surface area contributed by atoms with E-state index in [0.29, 0.717) is 11.3 Å². The molecule has 1 aromatic carbocycles. The Kier molecular flexibility index (Phi) is 2.45. The first-order valence-corrected chi connectivity index (χ1v) is 5.99. The number of anilines is 1. The molecule has 2 N–H and O–H groups in total. The van der Waals surface area contributed by atoms with Gasteiger partial charge in [0.05, 0.1) is 15.8 Å². The number of rotatable bonds is 1. The summed E-state index contributed by atoms with van der Waals surface area (Å²) in [6.07, 6.45) is 0. The van der Waals surface area contributed by atoms with E-state index in [1.165, 1.54) is 17.4 Å². The highest BCUT2D eigenvalue weighted by atomic mass is 32.1. The minimum atomic E-state index is -0.705. The van der Waals surface area contributed by atoms with E-state index < -0.39 is 11.6 Å². The quantitative estimate of drug-likeness (QED) is 0.733. The van der Waals surface area contributed by atoms with Crippen LogP contribution in [0.15, 0.2) is 29.6 Å². The van der Waals surface area contributed by atoms with Crippen LogP contribution in [0.3, 0.4) is 0 Å². The molecule has 0 atom stereocenters. The van der Waals surface area contributed by atoms with E-state index in [9.17, 15) is 8.78 Å². The molecule has 0 aliphatic heterocycles. The van der Waals surface area contributed by atoms with Crippen molar-refractivity contribution in [3.05, 3.63) is 41.3 Å². The smallest absolute Gasteiger partial charge is 0.165 e. The summed E-state index contributed by atoms with van der Waals surface area (Å²) >= 11 is 1.42. The van der Waals surface area contributed by atoms with Crippen molar-refractivity contribution in [3.8, 4) is 11.4 Å². The molecule has 0 aliphatic carbocycles. The van der Waals surface area contributed by atoms with E-state index in [1.807, 2.05) is 5.38 Å². The summed E-state index contributed by atoms with van der Waals surface area (Å²) in [5.74, 6) is -0.880. The Morgan fingerprint density at radius 1 is 1.11 bits per heavy atom. The Morgan fingerprint density at radius 2 is 1.94 bits per heavy atom. The fourth-order valence-corrected chi connectivity index (χ4v) is 2.41. The van der Waals surface area contributed by atoms with Gasteiger partial charge in [0, 0.05) is 6.07 Å². The second-order valence-electron chi connectivity index (χ2n) is 3.69. The molecule has 0 fully saturated rings. The predicted octanol–water partition coefficient (Wildman–Crippen LogP) is 3.22. The number of nitrogens with two attached hydrogens (primary N) is 1. The number of hydrogen-bond acceptors (Lipinski definition) is 4. The van der Waals surface area contributed by atoms with E-state index in [4.69, 9.17) is 5.73 Å². The van der Waals surface area contributed by atoms with Gasteiger partial charge >= 0.3 is 0 Å². The highest BCUT2D eigenvalue weighted by molar-refractivity contribution is 7.17. The van der Waals surface area contributed by atoms with E-state index in [1.54, 1.807) is 6.07 Å². The number of fused-ring (bicyclic) bond motifs is 1. The van der Waals surface area contributed by atoms with Crippen molar-refractivity contribution < 1.29 is 8.78 Å². The first-order chi connectivity index (χ1) is 8.65. The minimum Gasteiger partial charge on any atom is -0.382 e. The van der Waals surface area contributed by atoms with E-state index in [-0.39, 0.29) is 11.4 Å². The van der Waals surface area contributed by atoms with E-state index in [2.05, 4.69) is 9.97 Å². The number of halogens is 2. The first kappa shape index (κ1) is 11.0. The van der Waals surface area contributed by atoms with Gasteiger partial charge in [-0.25, -0.2) is 18.7 Å². The van der Waals surface area contributed by atoms with E-state index in [0.717, 1.165) is 16.8 Å². The number of benzene rings is 1. The molecule has 0 aliphatic rings. The van der Waals surface area contributed by atoms with Crippen LogP contribution in [-0.4, -0.2) is 9.97 Å². The van der Waals surface area contributed by atoms with Crippen molar-refractivity contribution in [2.75, 3.05) is 5.73 Å². The molecule has 3 nitrogen and oxygen atoms in total. The third-order valence-electron chi connectivity index (χ3n) is 2.50. The summed E-state index contributed by atoms with van der Waals surface area (Å²) in [5.41, 5.74) is 6.58. The fourth-order valence-electron chi connectivity index (χ4n) is 1.68. The lowest BCUT2D eigenvalue weighted by Gasteiger charge is -2.04. The summed E-state index contributed by atoms with van der Waals surface area (Å²) in [5, 5.41) is 1.83.